The number of carboxylic acid groups (broad SMARTS) is 1. The molecule has 2 aromatic carbocycles. The van der Waals surface area contributed by atoms with Crippen molar-refractivity contribution in [3.8, 4) is 0 Å². The molecular weight excluding hydrogens is 294 g/mol. The molecule has 0 heterocycles. The fraction of sp³-hybridized carbons (Fsp3) is 0.235. The minimum atomic E-state index is -1.10. The molecule has 0 aliphatic heterocycles. The number of anilines is 1. The van der Waals surface area contributed by atoms with Crippen LogP contribution >= 0.6 is 0 Å². The number of nitroso groups, excluding NO2 is 1. The maximum atomic E-state index is 10.9. The maximum absolute atomic E-state index is 10.9. The summed E-state index contributed by atoms with van der Waals surface area (Å²) in [5.74, 6) is -1.10. The van der Waals surface area contributed by atoms with Gasteiger partial charge in [0.05, 0.1) is 0 Å². The summed E-state index contributed by atoms with van der Waals surface area (Å²) in [6, 6.07) is 14.0. The zero-order valence-electron chi connectivity index (χ0n) is 12.8. The average Bonchev–Trinajstić information content (AvgIpc) is 2.55. The van der Waals surface area contributed by atoms with Crippen molar-refractivity contribution in [2.45, 2.75) is 19.0 Å². The number of nitrogens with two attached hydrogens (primary N) is 1. The number of aliphatic carboxylic acids is 1. The molecule has 3 N–H and O–H groups in total. The van der Waals surface area contributed by atoms with Crippen LogP contribution in [0.4, 0.5) is 11.4 Å². The van der Waals surface area contributed by atoms with Crippen molar-refractivity contribution in [1.82, 2.24) is 0 Å². The first kappa shape index (κ1) is 16.6. The van der Waals surface area contributed by atoms with Gasteiger partial charge in [0.15, 0.2) is 0 Å². The van der Waals surface area contributed by atoms with E-state index < -0.39 is 12.0 Å². The lowest BCUT2D eigenvalue weighted by Gasteiger charge is -2.20. The summed E-state index contributed by atoms with van der Waals surface area (Å²) in [6.07, 6.45) is 0.0687. The lowest BCUT2D eigenvalue weighted by Crippen LogP contribution is -2.32. The summed E-state index contributed by atoms with van der Waals surface area (Å²) in [7, 11) is 1.96. The summed E-state index contributed by atoms with van der Waals surface area (Å²) in [6.45, 7) is 0.623. The average molecular weight is 313 g/mol. The lowest BCUT2D eigenvalue weighted by atomic mass is 10.0. The minimum Gasteiger partial charge on any atom is -0.480 e. The molecule has 1 atom stereocenters. The van der Waals surface area contributed by atoms with E-state index in [2.05, 4.69) is 10.1 Å². The molecule has 6 heteroatoms. The van der Waals surface area contributed by atoms with E-state index in [-0.39, 0.29) is 12.1 Å². The van der Waals surface area contributed by atoms with Gasteiger partial charge in [-0.3, -0.25) is 4.79 Å². The zero-order chi connectivity index (χ0) is 16.8. The van der Waals surface area contributed by atoms with Crippen molar-refractivity contribution in [2.75, 3.05) is 11.9 Å². The van der Waals surface area contributed by atoms with Crippen LogP contribution in [-0.4, -0.2) is 24.2 Å². The first-order chi connectivity index (χ1) is 11.0. The van der Waals surface area contributed by atoms with Crippen LogP contribution < -0.4 is 10.6 Å². The summed E-state index contributed by atoms with van der Waals surface area (Å²) in [5.41, 5.74) is 8.36. The van der Waals surface area contributed by atoms with Gasteiger partial charge in [-0.05, 0) is 34.5 Å². The van der Waals surface area contributed by atoms with Crippen LogP contribution in [0.5, 0.6) is 0 Å². The van der Waals surface area contributed by atoms with E-state index in [1.165, 1.54) is 0 Å². The van der Waals surface area contributed by atoms with Gasteiger partial charge in [-0.2, -0.15) is 0 Å². The van der Waals surface area contributed by atoms with Gasteiger partial charge < -0.3 is 15.7 Å². The quantitative estimate of drug-likeness (QED) is 0.766. The van der Waals surface area contributed by atoms with Gasteiger partial charge in [0.1, 0.15) is 11.7 Å². The fourth-order valence-electron chi connectivity index (χ4n) is 2.36. The number of carbonyl (C=O) groups is 1. The van der Waals surface area contributed by atoms with Gasteiger partial charge in [-0.1, -0.05) is 30.3 Å². The Bertz CT molecular complexity index is 689. The number of para-hydroxylation sites is 1. The molecule has 6 nitrogen and oxygen atoms in total. The highest BCUT2D eigenvalue weighted by Crippen LogP contribution is 2.23. The molecule has 0 unspecified atom stereocenters. The molecule has 0 bridgehead atoms. The van der Waals surface area contributed by atoms with Crippen LogP contribution in [0, 0.1) is 4.91 Å². The lowest BCUT2D eigenvalue weighted by molar-refractivity contribution is -0.138. The van der Waals surface area contributed by atoms with E-state index in [1.54, 1.807) is 12.1 Å². The normalized spacial score (nSPS) is 11.7. The Kier molecular flexibility index (Phi) is 5.43. The van der Waals surface area contributed by atoms with Gasteiger partial charge in [0, 0.05) is 25.7 Å². The second-order valence-electron chi connectivity index (χ2n) is 5.39. The number of nitrogens with zero attached hydrogens (tertiary/aromatic N) is 2. The van der Waals surface area contributed by atoms with E-state index in [4.69, 9.17) is 10.8 Å². The fourth-order valence-corrected chi connectivity index (χ4v) is 2.36. The third kappa shape index (κ3) is 4.37. The first-order valence-corrected chi connectivity index (χ1v) is 7.21. The highest BCUT2D eigenvalue weighted by molar-refractivity contribution is 5.74. The highest BCUT2D eigenvalue weighted by Gasteiger charge is 2.16. The standard InChI is InChI=1S/C17H19N3O3/c1-20(14-5-3-2-4-6-14)11-12-7-8-16(19-23)13(9-12)10-15(18)17(21)22/h2-9,15H,10-11,18H2,1H3,(H,21,22)/t15-/m0/s1. The molecule has 0 spiro atoms. The predicted molar refractivity (Wildman–Crippen MR) is 89.8 cm³/mol. The van der Waals surface area contributed by atoms with Gasteiger partial charge in [-0.25, -0.2) is 0 Å². The third-order valence-electron chi connectivity index (χ3n) is 3.62. The Morgan fingerprint density at radius 3 is 2.57 bits per heavy atom. The minimum absolute atomic E-state index is 0.0687. The van der Waals surface area contributed by atoms with Crippen molar-refractivity contribution >= 4 is 17.3 Å². The van der Waals surface area contributed by atoms with Crippen LogP contribution in [0.15, 0.2) is 53.7 Å². The van der Waals surface area contributed by atoms with Crippen molar-refractivity contribution in [3.63, 3.8) is 0 Å². The van der Waals surface area contributed by atoms with E-state index in [0.717, 1.165) is 11.3 Å². The summed E-state index contributed by atoms with van der Waals surface area (Å²) >= 11 is 0. The van der Waals surface area contributed by atoms with Crippen LogP contribution in [-0.2, 0) is 17.8 Å². The van der Waals surface area contributed by atoms with Gasteiger partial charge in [0.2, 0.25) is 0 Å². The Hall–Kier alpha value is -2.73. The molecular formula is C17H19N3O3. The van der Waals surface area contributed by atoms with Crippen LogP contribution in [0.1, 0.15) is 11.1 Å². The molecule has 0 amide bonds. The van der Waals surface area contributed by atoms with E-state index in [1.807, 2.05) is 43.4 Å². The number of hydrogen-bond acceptors (Lipinski definition) is 5. The Labute approximate surface area is 134 Å². The number of carboxylic acids is 1. The highest BCUT2D eigenvalue weighted by atomic mass is 16.4. The molecule has 2 aromatic rings. The molecule has 0 aromatic heterocycles. The van der Waals surface area contributed by atoms with Crippen LogP contribution in [0.3, 0.4) is 0 Å². The molecule has 120 valence electrons. The molecule has 0 fully saturated rings. The van der Waals surface area contributed by atoms with E-state index in [0.29, 0.717) is 12.1 Å². The Morgan fingerprint density at radius 2 is 1.96 bits per heavy atom. The van der Waals surface area contributed by atoms with Crippen LogP contribution in [0.25, 0.3) is 0 Å². The van der Waals surface area contributed by atoms with Gasteiger partial charge >= 0.3 is 5.97 Å². The molecule has 0 aliphatic rings. The van der Waals surface area contributed by atoms with E-state index >= 15 is 0 Å². The molecule has 23 heavy (non-hydrogen) atoms. The summed E-state index contributed by atoms with van der Waals surface area (Å²) < 4.78 is 0. The second-order valence-corrected chi connectivity index (χ2v) is 5.39. The maximum Gasteiger partial charge on any atom is 0.320 e. The zero-order valence-corrected chi connectivity index (χ0v) is 12.8. The Morgan fingerprint density at radius 1 is 1.26 bits per heavy atom. The van der Waals surface area contributed by atoms with Crippen molar-refractivity contribution in [3.05, 3.63) is 64.6 Å². The molecule has 0 radical (unpaired) electrons. The third-order valence-corrected chi connectivity index (χ3v) is 3.62. The number of hydrogen-bond donors (Lipinski definition) is 2. The van der Waals surface area contributed by atoms with Crippen molar-refractivity contribution < 1.29 is 9.90 Å². The molecule has 2 rings (SSSR count). The smallest absolute Gasteiger partial charge is 0.320 e. The topological polar surface area (TPSA) is 96.0 Å². The molecule has 0 saturated carbocycles. The first-order valence-electron chi connectivity index (χ1n) is 7.21. The molecule has 0 saturated heterocycles. The van der Waals surface area contributed by atoms with E-state index in [9.17, 15) is 9.70 Å². The number of benzene rings is 2. The summed E-state index contributed by atoms with van der Waals surface area (Å²) in [4.78, 5) is 23.9. The van der Waals surface area contributed by atoms with Crippen molar-refractivity contribution in [2.24, 2.45) is 10.9 Å². The Balaban J connectivity index is 2.20. The van der Waals surface area contributed by atoms with Crippen molar-refractivity contribution in [1.29, 1.82) is 0 Å². The molecule has 0 aliphatic carbocycles. The second kappa shape index (κ2) is 7.51. The SMILES string of the molecule is CN(Cc1ccc(N=O)c(C[C@H](N)C(=O)O)c1)c1ccccc1. The van der Waals surface area contributed by atoms with Crippen LogP contribution in [0.2, 0.25) is 0 Å². The van der Waals surface area contributed by atoms with Gasteiger partial charge in [0.25, 0.3) is 0 Å². The largest absolute Gasteiger partial charge is 0.480 e. The predicted octanol–water partition coefficient (Wildman–Crippen LogP) is 2.68. The number of rotatable bonds is 7. The monoisotopic (exact) mass is 313 g/mol. The summed E-state index contributed by atoms with van der Waals surface area (Å²) in [5, 5.41) is 11.9. The van der Waals surface area contributed by atoms with Gasteiger partial charge in [-0.15, -0.1) is 4.91 Å².